The summed E-state index contributed by atoms with van der Waals surface area (Å²) in [6.45, 7) is 7.47. The van der Waals surface area contributed by atoms with Crippen LogP contribution in [0.4, 0.5) is 0 Å². The molecule has 0 aliphatic carbocycles. The van der Waals surface area contributed by atoms with Gasteiger partial charge in [-0.3, -0.25) is 4.79 Å². The van der Waals surface area contributed by atoms with E-state index < -0.39 is 0 Å². The van der Waals surface area contributed by atoms with Crippen molar-refractivity contribution in [3.8, 4) is 5.69 Å². The van der Waals surface area contributed by atoms with Crippen LogP contribution in [0.2, 0.25) is 0 Å². The molecule has 1 saturated heterocycles. The van der Waals surface area contributed by atoms with Crippen molar-refractivity contribution in [1.82, 2.24) is 19.6 Å². The number of carbonyl (C=O) groups is 1. The lowest BCUT2D eigenvalue weighted by atomic mass is 10.1. The van der Waals surface area contributed by atoms with Crippen LogP contribution in [0.15, 0.2) is 30.3 Å². The third kappa shape index (κ3) is 3.15. The quantitative estimate of drug-likeness (QED) is 0.854. The fraction of sp³-hybridized carbons (Fsp3) is 0.444. The van der Waals surface area contributed by atoms with Crippen LogP contribution in [-0.2, 0) is 0 Å². The molecule has 0 bridgehead atoms. The maximum Gasteiger partial charge on any atom is 0.257 e. The molecule has 0 N–H and O–H groups in total. The highest BCUT2D eigenvalue weighted by molar-refractivity contribution is 5.96. The van der Waals surface area contributed by atoms with Gasteiger partial charge in [0.1, 0.15) is 0 Å². The van der Waals surface area contributed by atoms with Gasteiger partial charge in [-0.25, -0.2) is 4.68 Å². The summed E-state index contributed by atoms with van der Waals surface area (Å²) in [5, 5.41) is 4.59. The van der Waals surface area contributed by atoms with Gasteiger partial charge in [-0.2, -0.15) is 5.10 Å². The van der Waals surface area contributed by atoms with Gasteiger partial charge in [0, 0.05) is 19.6 Å². The summed E-state index contributed by atoms with van der Waals surface area (Å²) in [5.41, 5.74) is 3.45. The molecule has 1 aromatic heterocycles. The molecule has 23 heavy (non-hydrogen) atoms. The first-order valence-electron chi connectivity index (χ1n) is 8.17. The summed E-state index contributed by atoms with van der Waals surface area (Å²) in [7, 11) is 2.11. The van der Waals surface area contributed by atoms with E-state index in [1.807, 2.05) is 53.8 Å². The number of para-hydroxylation sites is 1. The van der Waals surface area contributed by atoms with E-state index in [0.29, 0.717) is 0 Å². The van der Waals surface area contributed by atoms with Crippen molar-refractivity contribution in [3.05, 3.63) is 47.3 Å². The standard InChI is InChI=1S/C18H24N4O/c1-14-17(18(23)21-11-7-10-20(3)12-13-21)15(2)22(19-14)16-8-5-4-6-9-16/h4-6,8-9H,7,10-13H2,1-3H3. The van der Waals surface area contributed by atoms with Crippen LogP contribution >= 0.6 is 0 Å². The molecule has 1 amide bonds. The van der Waals surface area contributed by atoms with Crippen LogP contribution in [-0.4, -0.2) is 58.7 Å². The summed E-state index contributed by atoms with van der Waals surface area (Å²) in [5.74, 6) is 0.109. The SMILES string of the molecule is Cc1nn(-c2ccccc2)c(C)c1C(=O)N1CCCN(C)CC1. The Morgan fingerprint density at radius 1 is 1.04 bits per heavy atom. The van der Waals surface area contributed by atoms with Crippen molar-refractivity contribution in [2.24, 2.45) is 0 Å². The minimum Gasteiger partial charge on any atom is -0.337 e. The Balaban J connectivity index is 1.91. The Morgan fingerprint density at radius 2 is 1.78 bits per heavy atom. The molecule has 1 aliphatic rings. The number of hydrogen-bond acceptors (Lipinski definition) is 3. The van der Waals surface area contributed by atoms with Crippen LogP contribution in [0.5, 0.6) is 0 Å². The largest absolute Gasteiger partial charge is 0.337 e. The van der Waals surface area contributed by atoms with Crippen LogP contribution in [0.1, 0.15) is 28.2 Å². The monoisotopic (exact) mass is 312 g/mol. The van der Waals surface area contributed by atoms with E-state index in [0.717, 1.165) is 55.2 Å². The highest BCUT2D eigenvalue weighted by atomic mass is 16.2. The molecule has 3 rings (SSSR count). The third-order valence-corrected chi connectivity index (χ3v) is 4.51. The molecule has 5 heteroatoms. The van der Waals surface area contributed by atoms with Gasteiger partial charge < -0.3 is 9.80 Å². The molecule has 0 atom stereocenters. The molecular weight excluding hydrogens is 288 g/mol. The van der Waals surface area contributed by atoms with E-state index in [1.165, 1.54) is 0 Å². The molecule has 1 fully saturated rings. The van der Waals surface area contributed by atoms with Gasteiger partial charge in [-0.15, -0.1) is 0 Å². The van der Waals surface area contributed by atoms with Crippen LogP contribution in [0, 0.1) is 13.8 Å². The van der Waals surface area contributed by atoms with E-state index in [9.17, 15) is 4.79 Å². The van der Waals surface area contributed by atoms with Crippen molar-refractivity contribution in [3.63, 3.8) is 0 Å². The topological polar surface area (TPSA) is 41.4 Å². The summed E-state index contributed by atoms with van der Waals surface area (Å²) in [6, 6.07) is 9.97. The van der Waals surface area contributed by atoms with Crippen molar-refractivity contribution >= 4 is 5.91 Å². The molecule has 0 saturated carbocycles. The Morgan fingerprint density at radius 3 is 2.52 bits per heavy atom. The number of rotatable bonds is 2. The van der Waals surface area contributed by atoms with Gasteiger partial charge in [-0.1, -0.05) is 18.2 Å². The number of hydrogen-bond donors (Lipinski definition) is 0. The first kappa shape index (κ1) is 15.7. The first-order chi connectivity index (χ1) is 11.1. The van der Waals surface area contributed by atoms with Crippen molar-refractivity contribution in [2.75, 3.05) is 33.2 Å². The molecule has 2 heterocycles. The van der Waals surface area contributed by atoms with Crippen molar-refractivity contribution < 1.29 is 4.79 Å². The number of carbonyl (C=O) groups excluding carboxylic acids is 1. The van der Waals surface area contributed by atoms with Crippen LogP contribution in [0.3, 0.4) is 0 Å². The van der Waals surface area contributed by atoms with E-state index in [-0.39, 0.29) is 5.91 Å². The Hall–Kier alpha value is -2.14. The zero-order valence-electron chi connectivity index (χ0n) is 14.1. The van der Waals surface area contributed by atoms with Crippen molar-refractivity contribution in [1.29, 1.82) is 0 Å². The lowest BCUT2D eigenvalue weighted by Crippen LogP contribution is -2.35. The number of amides is 1. The number of likely N-dealkylation sites (N-methyl/N-ethyl adjacent to an activating group) is 1. The van der Waals surface area contributed by atoms with Gasteiger partial charge in [0.2, 0.25) is 0 Å². The molecule has 122 valence electrons. The highest BCUT2D eigenvalue weighted by Gasteiger charge is 2.25. The second-order valence-electron chi connectivity index (χ2n) is 6.24. The zero-order valence-corrected chi connectivity index (χ0v) is 14.1. The van der Waals surface area contributed by atoms with Gasteiger partial charge in [0.25, 0.3) is 5.91 Å². The van der Waals surface area contributed by atoms with Crippen LogP contribution in [0.25, 0.3) is 5.69 Å². The van der Waals surface area contributed by atoms with Gasteiger partial charge >= 0.3 is 0 Å². The Bertz CT molecular complexity index is 693. The van der Waals surface area contributed by atoms with E-state index in [4.69, 9.17) is 0 Å². The second kappa shape index (κ2) is 6.54. The van der Waals surface area contributed by atoms with Crippen LogP contribution < -0.4 is 0 Å². The normalized spacial score (nSPS) is 16.4. The average Bonchev–Trinajstić information content (AvgIpc) is 2.72. The van der Waals surface area contributed by atoms with E-state index in [2.05, 4.69) is 17.0 Å². The smallest absolute Gasteiger partial charge is 0.257 e. The predicted molar refractivity (Wildman–Crippen MR) is 91.1 cm³/mol. The highest BCUT2D eigenvalue weighted by Crippen LogP contribution is 2.20. The summed E-state index contributed by atoms with van der Waals surface area (Å²) < 4.78 is 1.87. The lowest BCUT2D eigenvalue weighted by molar-refractivity contribution is 0.0761. The zero-order chi connectivity index (χ0) is 16.4. The number of aromatic nitrogens is 2. The summed E-state index contributed by atoms with van der Waals surface area (Å²) in [6.07, 6.45) is 1.02. The molecule has 0 unspecified atom stereocenters. The van der Waals surface area contributed by atoms with Gasteiger partial charge in [0.05, 0.1) is 22.6 Å². The Kier molecular flexibility index (Phi) is 4.48. The summed E-state index contributed by atoms with van der Waals surface area (Å²) in [4.78, 5) is 17.2. The predicted octanol–water partition coefficient (Wildman–Crippen LogP) is 2.27. The fourth-order valence-corrected chi connectivity index (χ4v) is 3.18. The minimum absolute atomic E-state index is 0.109. The Labute approximate surface area is 137 Å². The van der Waals surface area contributed by atoms with E-state index >= 15 is 0 Å². The van der Waals surface area contributed by atoms with Gasteiger partial charge in [0.15, 0.2) is 0 Å². The van der Waals surface area contributed by atoms with E-state index in [1.54, 1.807) is 0 Å². The first-order valence-corrected chi connectivity index (χ1v) is 8.17. The number of nitrogens with zero attached hydrogens (tertiary/aromatic N) is 4. The lowest BCUT2D eigenvalue weighted by Gasteiger charge is -2.20. The molecule has 1 aromatic carbocycles. The van der Waals surface area contributed by atoms with Gasteiger partial charge in [-0.05, 0) is 46.0 Å². The summed E-state index contributed by atoms with van der Waals surface area (Å²) >= 11 is 0. The average molecular weight is 312 g/mol. The molecule has 1 aliphatic heterocycles. The minimum atomic E-state index is 0.109. The maximum absolute atomic E-state index is 13.0. The van der Waals surface area contributed by atoms with Crippen molar-refractivity contribution in [2.45, 2.75) is 20.3 Å². The molecule has 5 nitrogen and oxygen atoms in total. The molecular formula is C18H24N4O. The fourth-order valence-electron chi connectivity index (χ4n) is 3.18. The molecule has 0 spiro atoms. The molecule has 0 radical (unpaired) electrons. The maximum atomic E-state index is 13.0. The second-order valence-corrected chi connectivity index (χ2v) is 6.24. The number of benzene rings is 1. The number of aryl methyl sites for hydroxylation is 1. The molecule has 2 aromatic rings. The third-order valence-electron chi connectivity index (χ3n) is 4.51.